The summed E-state index contributed by atoms with van der Waals surface area (Å²) in [6.45, 7) is 2.48. The second kappa shape index (κ2) is 9.77. The molecule has 7 nitrogen and oxygen atoms in total. The number of furan rings is 1. The Morgan fingerprint density at radius 3 is 2.74 bits per heavy atom. The van der Waals surface area contributed by atoms with Crippen molar-refractivity contribution in [3.8, 4) is 22.8 Å². The summed E-state index contributed by atoms with van der Waals surface area (Å²) in [5, 5.41) is 4.93. The van der Waals surface area contributed by atoms with E-state index in [0.717, 1.165) is 11.1 Å². The summed E-state index contributed by atoms with van der Waals surface area (Å²) in [7, 11) is 1.60. The van der Waals surface area contributed by atoms with Gasteiger partial charge in [0, 0.05) is 11.6 Å². The third-order valence-corrected chi connectivity index (χ3v) is 6.44. The molecule has 0 aliphatic rings. The standard InChI is InChI=1S/C26H20ClN3O4S/c1-3-33-21-11-8-16(14-22(21)32-2)9-13-24-28-26-30(29-24)25(31)23(35-26)15-17-10-12-20(34-17)18-6-4-5-7-19(18)27/h4-15H,3H2,1-2H3/b13-9+,23-15-. The Kier molecular flexibility index (Phi) is 6.39. The number of rotatable bonds is 7. The van der Waals surface area contributed by atoms with E-state index in [1.54, 1.807) is 31.4 Å². The highest BCUT2D eigenvalue weighted by Crippen LogP contribution is 2.30. The highest BCUT2D eigenvalue weighted by atomic mass is 35.5. The average Bonchev–Trinajstić information content (AvgIpc) is 3.56. The maximum absolute atomic E-state index is 12.9. The molecule has 176 valence electrons. The number of hydrogen-bond acceptors (Lipinski definition) is 7. The van der Waals surface area contributed by atoms with Gasteiger partial charge in [-0.1, -0.05) is 47.2 Å². The molecule has 5 aromatic rings. The number of benzene rings is 2. The molecule has 0 radical (unpaired) electrons. The Morgan fingerprint density at radius 1 is 1.11 bits per heavy atom. The second-order valence-electron chi connectivity index (χ2n) is 7.44. The summed E-state index contributed by atoms with van der Waals surface area (Å²) in [5.74, 6) is 2.94. The molecule has 0 N–H and O–H groups in total. The molecule has 0 unspecified atom stereocenters. The van der Waals surface area contributed by atoms with Crippen molar-refractivity contribution in [2.45, 2.75) is 6.92 Å². The van der Waals surface area contributed by atoms with E-state index in [9.17, 15) is 4.79 Å². The van der Waals surface area contributed by atoms with Crippen LogP contribution in [0.15, 0.2) is 63.8 Å². The molecule has 0 fully saturated rings. The number of methoxy groups -OCH3 is 1. The SMILES string of the molecule is CCOc1ccc(/C=C/c2nc3s/c(=C\c4ccc(-c5ccccc5Cl)o4)c(=O)n3n2)cc1OC. The fourth-order valence-corrected chi connectivity index (χ4v) is 4.64. The van der Waals surface area contributed by atoms with Crippen LogP contribution in [0.5, 0.6) is 11.5 Å². The molecular formula is C26H20ClN3O4S. The highest BCUT2D eigenvalue weighted by molar-refractivity contribution is 7.15. The van der Waals surface area contributed by atoms with Crippen LogP contribution in [0.1, 0.15) is 24.1 Å². The Labute approximate surface area is 209 Å². The largest absolute Gasteiger partial charge is 0.493 e. The van der Waals surface area contributed by atoms with Gasteiger partial charge in [0.05, 0.1) is 18.7 Å². The molecule has 35 heavy (non-hydrogen) atoms. The quantitative estimate of drug-likeness (QED) is 0.303. The van der Waals surface area contributed by atoms with E-state index in [2.05, 4.69) is 10.1 Å². The highest BCUT2D eigenvalue weighted by Gasteiger charge is 2.11. The van der Waals surface area contributed by atoms with Gasteiger partial charge in [0.2, 0.25) is 4.96 Å². The molecule has 5 rings (SSSR count). The fourth-order valence-electron chi connectivity index (χ4n) is 3.52. The zero-order valence-electron chi connectivity index (χ0n) is 18.9. The lowest BCUT2D eigenvalue weighted by atomic mass is 10.2. The normalized spacial score (nSPS) is 12.1. The van der Waals surface area contributed by atoms with Crippen LogP contribution in [-0.2, 0) is 0 Å². The van der Waals surface area contributed by atoms with Crippen molar-refractivity contribution >= 4 is 46.1 Å². The first-order valence-electron chi connectivity index (χ1n) is 10.8. The van der Waals surface area contributed by atoms with E-state index in [1.165, 1.54) is 15.9 Å². The van der Waals surface area contributed by atoms with Crippen LogP contribution in [0.2, 0.25) is 5.02 Å². The maximum atomic E-state index is 12.9. The summed E-state index contributed by atoms with van der Waals surface area (Å²) in [6.07, 6.45) is 5.29. The molecule has 0 amide bonds. The summed E-state index contributed by atoms with van der Waals surface area (Å²) < 4.78 is 18.6. The first-order chi connectivity index (χ1) is 17.1. The lowest BCUT2D eigenvalue weighted by molar-refractivity contribution is 0.311. The molecule has 0 aliphatic heterocycles. The molecule has 0 saturated carbocycles. The van der Waals surface area contributed by atoms with E-state index in [1.807, 2.05) is 55.5 Å². The van der Waals surface area contributed by atoms with Gasteiger partial charge in [0.1, 0.15) is 16.1 Å². The number of aromatic nitrogens is 3. The second-order valence-corrected chi connectivity index (χ2v) is 8.85. The number of ether oxygens (including phenoxy) is 2. The summed E-state index contributed by atoms with van der Waals surface area (Å²) >= 11 is 7.50. The Morgan fingerprint density at radius 2 is 1.97 bits per heavy atom. The van der Waals surface area contributed by atoms with Gasteiger partial charge in [-0.2, -0.15) is 9.50 Å². The van der Waals surface area contributed by atoms with Gasteiger partial charge in [-0.15, -0.1) is 5.10 Å². The summed E-state index contributed by atoms with van der Waals surface area (Å²) in [6, 6.07) is 16.7. The first kappa shape index (κ1) is 22.9. The predicted octanol–water partition coefficient (Wildman–Crippen LogP) is 5.19. The van der Waals surface area contributed by atoms with Crippen molar-refractivity contribution in [1.29, 1.82) is 0 Å². The molecule has 0 bridgehead atoms. The van der Waals surface area contributed by atoms with Crippen LogP contribution < -0.4 is 19.6 Å². The molecule has 0 atom stereocenters. The summed E-state index contributed by atoms with van der Waals surface area (Å²) in [4.78, 5) is 17.8. The molecule has 0 aliphatic carbocycles. The summed E-state index contributed by atoms with van der Waals surface area (Å²) in [5.41, 5.74) is 1.43. The molecule has 0 saturated heterocycles. The van der Waals surface area contributed by atoms with Crippen LogP contribution in [0.25, 0.3) is 34.5 Å². The van der Waals surface area contributed by atoms with Gasteiger partial charge in [-0.3, -0.25) is 4.79 Å². The van der Waals surface area contributed by atoms with Crippen molar-refractivity contribution in [2.24, 2.45) is 0 Å². The van der Waals surface area contributed by atoms with E-state index in [-0.39, 0.29) is 5.56 Å². The van der Waals surface area contributed by atoms with Gasteiger partial charge in [0.25, 0.3) is 5.56 Å². The van der Waals surface area contributed by atoms with Crippen molar-refractivity contribution in [1.82, 2.24) is 14.6 Å². The van der Waals surface area contributed by atoms with Crippen LogP contribution in [-0.4, -0.2) is 28.3 Å². The van der Waals surface area contributed by atoms with Crippen LogP contribution in [0, 0.1) is 0 Å². The van der Waals surface area contributed by atoms with Gasteiger partial charge >= 0.3 is 0 Å². The number of fused-ring (bicyclic) bond motifs is 1. The molecule has 9 heteroatoms. The minimum Gasteiger partial charge on any atom is -0.493 e. The molecule has 0 spiro atoms. The van der Waals surface area contributed by atoms with Gasteiger partial charge < -0.3 is 13.9 Å². The number of hydrogen-bond donors (Lipinski definition) is 0. The van der Waals surface area contributed by atoms with Crippen molar-refractivity contribution < 1.29 is 13.9 Å². The molecule has 2 aromatic carbocycles. The smallest absolute Gasteiger partial charge is 0.291 e. The van der Waals surface area contributed by atoms with E-state index in [0.29, 0.717) is 50.0 Å². The Bertz CT molecular complexity index is 1650. The zero-order chi connectivity index (χ0) is 24.4. The van der Waals surface area contributed by atoms with E-state index >= 15 is 0 Å². The topological polar surface area (TPSA) is 78.9 Å². The minimum atomic E-state index is -0.254. The lowest BCUT2D eigenvalue weighted by Gasteiger charge is -2.09. The van der Waals surface area contributed by atoms with Gasteiger partial charge in [-0.25, -0.2) is 0 Å². The van der Waals surface area contributed by atoms with Crippen LogP contribution in [0.4, 0.5) is 0 Å². The lowest BCUT2D eigenvalue weighted by Crippen LogP contribution is -2.23. The van der Waals surface area contributed by atoms with Gasteiger partial charge in [-0.05, 0) is 55.0 Å². The van der Waals surface area contributed by atoms with Crippen molar-refractivity contribution in [2.75, 3.05) is 13.7 Å². The maximum Gasteiger partial charge on any atom is 0.291 e. The molecule has 3 aromatic heterocycles. The van der Waals surface area contributed by atoms with Crippen molar-refractivity contribution in [3.63, 3.8) is 0 Å². The monoisotopic (exact) mass is 505 g/mol. The number of nitrogens with zero attached hydrogens (tertiary/aromatic N) is 3. The Balaban J connectivity index is 1.40. The number of thiazole rings is 1. The first-order valence-corrected chi connectivity index (χ1v) is 12.0. The van der Waals surface area contributed by atoms with Crippen LogP contribution >= 0.6 is 22.9 Å². The van der Waals surface area contributed by atoms with Crippen molar-refractivity contribution in [3.05, 3.63) is 91.7 Å². The Hall–Kier alpha value is -3.88. The van der Waals surface area contributed by atoms with Gasteiger partial charge in [0.15, 0.2) is 17.3 Å². The fraction of sp³-hybridized carbons (Fsp3) is 0.115. The minimum absolute atomic E-state index is 0.254. The predicted molar refractivity (Wildman–Crippen MR) is 138 cm³/mol. The third-order valence-electron chi connectivity index (χ3n) is 5.15. The van der Waals surface area contributed by atoms with E-state index in [4.69, 9.17) is 25.5 Å². The van der Waals surface area contributed by atoms with Crippen LogP contribution in [0.3, 0.4) is 0 Å². The third kappa shape index (κ3) is 4.71. The average molecular weight is 506 g/mol. The molecule has 3 heterocycles. The van der Waals surface area contributed by atoms with E-state index < -0.39 is 0 Å². The number of halogens is 1. The zero-order valence-corrected chi connectivity index (χ0v) is 20.5. The molecular weight excluding hydrogens is 486 g/mol.